The van der Waals surface area contributed by atoms with Crippen molar-refractivity contribution in [1.29, 1.82) is 0 Å². The van der Waals surface area contributed by atoms with Crippen LogP contribution in [0.1, 0.15) is 31.4 Å². The van der Waals surface area contributed by atoms with Crippen LogP contribution in [0.4, 0.5) is 5.69 Å². The zero-order valence-electron chi connectivity index (χ0n) is 16.5. The number of hydrogen-bond donors (Lipinski definition) is 0. The Bertz CT molecular complexity index is 715. The molecule has 0 atom stereocenters. The molecule has 0 saturated carbocycles. The second kappa shape index (κ2) is 9.45. The number of rotatable bonds is 7. The summed E-state index contributed by atoms with van der Waals surface area (Å²) in [6.07, 6.45) is 2.51. The number of carbonyl (C=O) groups excluding carboxylic acids is 1. The van der Waals surface area contributed by atoms with Gasteiger partial charge in [-0.2, -0.15) is 0 Å². The molecule has 0 radical (unpaired) electrons. The van der Waals surface area contributed by atoms with Crippen molar-refractivity contribution in [2.75, 3.05) is 37.7 Å². The first-order valence-corrected chi connectivity index (χ1v) is 10.0. The number of ether oxygens (including phenoxy) is 1. The third-order valence-corrected chi connectivity index (χ3v) is 5.24. The predicted octanol–water partition coefficient (Wildman–Crippen LogP) is 3.93. The SMILES string of the molecule is CCc1cccc(CC)c1N1CCN(C(=O)CCOc2ccccc2)CC1. The molecule has 1 aliphatic rings. The van der Waals surface area contributed by atoms with E-state index < -0.39 is 0 Å². The normalized spacial score (nSPS) is 14.3. The molecule has 0 unspecified atom stereocenters. The van der Waals surface area contributed by atoms with Gasteiger partial charge in [-0.15, -0.1) is 0 Å². The van der Waals surface area contributed by atoms with Gasteiger partial charge in [0.15, 0.2) is 0 Å². The van der Waals surface area contributed by atoms with Crippen LogP contribution in [0.25, 0.3) is 0 Å². The van der Waals surface area contributed by atoms with E-state index in [1.54, 1.807) is 0 Å². The summed E-state index contributed by atoms with van der Waals surface area (Å²) in [5, 5.41) is 0. The summed E-state index contributed by atoms with van der Waals surface area (Å²) < 4.78 is 5.66. The second-order valence-electron chi connectivity index (χ2n) is 6.91. The summed E-state index contributed by atoms with van der Waals surface area (Å²) in [7, 11) is 0. The molecular formula is C23H30N2O2. The highest BCUT2D eigenvalue weighted by atomic mass is 16.5. The Balaban J connectivity index is 1.52. The molecule has 144 valence electrons. The lowest BCUT2D eigenvalue weighted by atomic mass is 10.0. The fraction of sp³-hybridized carbons (Fsp3) is 0.435. The van der Waals surface area contributed by atoms with E-state index in [0.29, 0.717) is 13.0 Å². The zero-order chi connectivity index (χ0) is 19.1. The smallest absolute Gasteiger partial charge is 0.226 e. The van der Waals surface area contributed by atoms with Crippen LogP contribution in [0.15, 0.2) is 48.5 Å². The molecule has 0 spiro atoms. The summed E-state index contributed by atoms with van der Waals surface area (Å²) in [5.41, 5.74) is 4.21. The highest BCUT2D eigenvalue weighted by Gasteiger charge is 2.23. The maximum atomic E-state index is 12.5. The van der Waals surface area contributed by atoms with Gasteiger partial charge >= 0.3 is 0 Å². The number of para-hydroxylation sites is 2. The number of benzene rings is 2. The van der Waals surface area contributed by atoms with Crippen molar-refractivity contribution in [2.45, 2.75) is 33.1 Å². The van der Waals surface area contributed by atoms with Crippen molar-refractivity contribution in [3.05, 3.63) is 59.7 Å². The standard InChI is InChI=1S/C23H30N2O2/c1-3-19-9-8-10-20(4-2)23(19)25-16-14-24(15-17-25)22(26)13-18-27-21-11-6-5-7-12-21/h5-12H,3-4,13-18H2,1-2H3. The molecule has 1 aliphatic heterocycles. The van der Waals surface area contributed by atoms with Crippen molar-refractivity contribution in [3.8, 4) is 5.75 Å². The van der Waals surface area contributed by atoms with Crippen LogP contribution in [-0.4, -0.2) is 43.6 Å². The summed E-state index contributed by atoms with van der Waals surface area (Å²) in [5.74, 6) is 1.00. The third-order valence-electron chi connectivity index (χ3n) is 5.24. The average Bonchev–Trinajstić information content (AvgIpc) is 2.74. The monoisotopic (exact) mass is 366 g/mol. The van der Waals surface area contributed by atoms with Crippen LogP contribution < -0.4 is 9.64 Å². The lowest BCUT2D eigenvalue weighted by Gasteiger charge is -2.38. The Morgan fingerprint density at radius 3 is 2.11 bits per heavy atom. The number of anilines is 1. The van der Waals surface area contributed by atoms with E-state index in [1.165, 1.54) is 16.8 Å². The van der Waals surface area contributed by atoms with Crippen LogP contribution in [0.5, 0.6) is 5.75 Å². The molecule has 0 N–H and O–H groups in total. The molecule has 1 heterocycles. The van der Waals surface area contributed by atoms with Crippen LogP contribution in [0.2, 0.25) is 0 Å². The van der Waals surface area contributed by atoms with Gasteiger partial charge in [0.05, 0.1) is 13.0 Å². The average molecular weight is 367 g/mol. The van der Waals surface area contributed by atoms with E-state index in [-0.39, 0.29) is 5.91 Å². The van der Waals surface area contributed by atoms with E-state index in [4.69, 9.17) is 4.74 Å². The first kappa shape index (κ1) is 19.3. The molecule has 3 rings (SSSR count). The van der Waals surface area contributed by atoms with Gasteiger partial charge in [0, 0.05) is 31.9 Å². The lowest BCUT2D eigenvalue weighted by Crippen LogP contribution is -2.49. The van der Waals surface area contributed by atoms with Gasteiger partial charge in [0.25, 0.3) is 0 Å². The highest BCUT2D eigenvalue weighted by molar-refractivity contribution is 5.76. The number of piperazine rings is 1. The van der Waals surface area contributed by atoms with E-state index in [9.17, 15) is 4.79 Å². The van der Waals surface area contributed by atoms with Crippen molar-refractivity contribution in [3.63, 3.8) is 0 Å². The first-order chi connectivity index (χ1) is 13.2. The molecule has 1 amide bonds. The van der Waals surface area contributed by atoms with Crippen LogP contribution in [0.3, 0.4) is 0 Å². The largest absolute Gasteiger partial charge is 0.493 e. The minimum Gasteiger partial charge on any atom is -0.493 e. The van der Waals surface area contributed by atoms with Gasteiger partial charge in [-0.3, -0.25) is 4.79 Å². The van der Waals surface area contributed by atoms with Crippen LogP contribution in [0, 0.1) is 0 Å². The van der Waals surface area contributed by atoms with Crippen molar-refractivity contribution in [1.82, 2.24) is 4.90 Å². The van der Waals surface area contributed by atoms with Crippen LogP contribution in [-0.2, 0) is 17.6 Å². The molecule has 0 aromatic heterocycles. The Kier molecular flexibility index (Phi) is 6.74. The molecule has 4 nitrogen and oxygen atoms in total. The first-order valence-electron chi connectivity index (χ1n) is 10.0. The molecule has 2 aromatic rings. The fourth-order valence-electron chi connectivity index (χ4n) is 3.73. The summed E-state index contributed by atoms with van der Waals surface area (Å²) in [6.45, 7) is 8.22. The predicted molar refractivity (Wildman–Crippen MR) is 111 cm³/mol. The van der Waals surface area contributed by atoms with Gasteiger partial charge in [0.2, 0.25) is 5.91 Å². The molecule has 2 aromatic carbocycles. The van der Waals surface area contributed by atoms with E-state index in [1.807, 2.05) is 35.2 Å². The van der Waals surface area contributed by atoms with E-state index in [0.717, 1.165) is 44.8 Å². The molecule has 0 bridgehead atoms. The molecule has 1 saturated heterocycles. The van der Waals surface area contributed by atoms with Gasteiger partial charge in [-0.05, 0) is 36.1 Å². The number of nitrogens with zero attached hydrogens (tertiary/aromatic N) is 2. The Labute approximate surface area is 162 Å². The van der Waals surface area contributed by atoms with Crippen LogP contribution >= 0.6 is 0 Å². The Morgan fingerprint density at radius 1 is 0.889 bits per heavy atom. The molecule has 0 aliphatic carbocycles. The van der Waals surface area contributed by atoms with Crippen molar-refractivity contribution >= 4 is 11.6 Å². The maximum absolute atomic E-state index is 12.5. The number of hydrogen-bond acceptors (Lipinski definition) is 3. The second-order valence-corrected chi connectivity index (χ2v) is 6.91. The molecule has 1 fully saturated rings. The van der Waals surface area contributed by atoms with Gasteiger partial charge in [-0.25, -0.2) is 0 Å². The van der Waals surface area contributed by atoms with E-state index >= 15 is 0 Å². The number of amides is 1. The summed E-state index contributed by atoms with van der Waals surface area (Å²) in [4.78, 5) is 16.9. The minimum absolute atomic E-state index is 0.185. The van der Waals surface area contributed by atoms with Crippen molar-refractivity contribution < 1.29 is 9.53 Å². The molecule has 4 heteroatoms. The third kappa shape index (κ3) is 4.82. The Hall–Kier alpha value is -2.49. The topological polar surface area (TPSA) is 32.8 Å². The van der Waals surface area contributed by atoms with Gasteiger partial charge in [-0.1, -0.05) is 50.2 Å². The molecular weight excluding hydrogens is 336 g/mol. The lowest BCUT2D eigenvalue weighted by molar-refractivity contribution is -0.132. The Morgan fingerprint density at radius 2 is 1.52 bits per heavy atom. The number of carbonyl (C=O) groups is 1. The quantitative estimate of drug-likeness (QED) is 0.744. The summed E-state index contributed by atoms with van der Waals surface area (Å²) in [6, 6.07) is 16.3. The van der Waals surface area contributed by atoms with Gasteiger partial charge in [0.1, 0.15) is 5.75 Å². The van der Waals surface area contributed by atoms with Gasteiger partial charge < -0.3 is 14.5 Å². The molecule has 27 heavy (non-hydrogen) atoms. The zero-order valence-corrected chi connectivity index (χ0v) is 16.5. The van der Waals surface area contributed by atoms with E-state index in [2.05, 4.69) is 36.9 Å². The minimum atomic E-state index is 0.185. The van der Waals surface area contributed by atoms with Crippen molar-refractivity contribution in [2.24, 2.45) is 0 Å². The summed E-state index contributed by atoms with van der Waals surface area (Å²) >= 11 is 0. The maximum Gasteiger partial charge on any atom is 0.226 e. The highest BCUT2D eigenvalue weighted by Crippen LogP contribution is 2.28. The number of aryl methyl sites for hydroxylation is 2. The fourth-order valence-corrected chi connectivity index (χ4v) is 3.73.